The van der Waals surface area contributed by atoms with E-state index in [1.165, 1.54) is 6.92 Å². The molecular formula is C38H72N2O12. The molecule has 52 heavy (non-hydrogen) atoms. The van der Waals surface area contributed by atoms with Gasteiger partial charge in [-0.1, -0.05) is 27.7 Å². The zero-order valence-electron chi connectivity index (χ0n) is 33.9. The van der Waals surface area contributed by atoms with Gasteiger partial charge in [0.15, 0.2) is 12.6 Å². The van der Waals surface area contributed by atoms with Crippen LogP contribution in [-0.4, -0.2) is 165 Å². The molecule has 3 unspecified atom stereocenters. The van der Waals surface area contributed by atoms with Gasteiger partial charge in [0.05, 0.1) is 54.7 Å². The largest absolute Gasteiger partial charge is 0.459 e. The molecule has 0 saturated carbocycles. The van der Waals surface area contributed by atoms with Crippen LogP contribution < -0.4 is 0 Å². The van der Waals surface area contributed by atoms with Crippen LogP contribution in [0.2, 0.25) is 0 Å². The molecule has 14 nitrogen and oxygen atoms in total. The second-order valence-corrected chi connectivity index (χ2v) is 17.4. The molecule has 0 aromatic carbocycles. The highest BCUT2D eigenvalue weighted by molar-refractivity contribution is 5.73. The summed E-state index contributed by atoms with van der Waals surface area (Å²) in [6, 6.07) is -0.539. The first-order valence-electron chi connectivity index (χ1n) is 19.2. The third-order valence-corrected chi connectivity index (χ3v) is 12.3. The van der Waals surface area contributed by atoms with Crippen molar-refractivity contribution in [3.8, 4) is 0 Å². The fourth-order valence-electron chi connectivity index (χ4n) is 8.72. The van der Waals surface area contributed by atoms with Crippen molar-refractivity contribution in [3.05, 3.63) is 0 Å². The lowest BCUT2D eigenvalue weighted by atomic mass is 9.77. The minimum Gasteiger partial charge on any atom is -0.459 e. The minimum absolute atomic E-state index is 0.104. The third-order valence-electron chi connectivity index (χ3n) is 12.3. The smallest absolute Gasteiger partial charge is 0.311 e. The van der Waals surface area contributed by atoms with Gasteiger partial charge in [0.1, 0.15) is 17.8 Å². The standard InChI is InChI=1S/C38H72N2O12/c1-14-27-38(10,47)31(43)20(2)18-40(13)21(3)16-37(9,46)33(52-35-29(42)26(39(11)12)15-22(4)48-35)23(5)30(24(6)34(45)50-27)51-28-17-36(8,19-41)32(44)25(7)49-28/h20-33,35,41-44,46-47H,14-19H2,1-13H3/t20-,21+,22+,23-,24?,25-,26-,27+,28?,29+,30?,31+,32-,33+,35-,36-,37-,38+/m0/s1. The summed E-state index contributed by atoms with van der Waals surface area (Å²) in [6.07, 6.45) is -8.46. The molecular weight excluding hydrogens is 676 g/mol. The molecule has 0 radical (unpaired) electrons. The lowest BCUT2D eigenvalue weighted by Gasteiger charge is -2.49. The monoisotopic (exact) mass is 749 g/mol. The molecule has 0 aromatic heterocycles. The highest BCUT2D eigenvalue weighted by Crippen LogP contribution is 2.41. The van der Waals surface area contributed by atoms with Gasteiger partial charge in [-0.15, -0.1) is 0 Å². The zero-order valence-corrected chi connectivity index (χ0v) is 33.9. The number of ether oxygens (including phenoxy) is 5. The molecule has 3 heterocycles. The maximum absolute atomic E-state index is 14.2. The molecule has 0 spiro atoms. The molecule has 3 fully saturated rings. The Morgan fingerprint density at radius 3 is 2.12 bits per heavy atom. The maximum atomic E-state index is 14.2. The van der Waals surface area contributed by atoms with Crippen LogP contribution in [0.4, 0.5) is 0 Å². The predicted octanol–water partition coefficient (Wildman–Crippen LogP) is 1.49. The number of nitrogens with zero attached hydrogens (tertiary/aromatic N) is 2. The van der Waals surface area contributed by atoms with Crippen molar-refractivity contribution >= 4 is 5.97 Å². The van der Waals surface area contributed by atoms with Crippen LogP contribution in [0.3, 0.4) is 0 Å². The van der Waals surface area contributed by atoms with Gasteiger partial charge in [0.2, 0.25) is 0 Å². The van der Waals surface area contributed by atoms with Crippen molar-refractivity contribution in [1.82, 2.24) is 9.80 Å². The molecule has 3 saturated heterocycles. The molecule has 18 atom stereocenters. The molecule has 14 heteroatoms. The van der Waals surface area contributed by atoms with Crippen molar-refractivity contribution in [2.45, 2.75) is 180 Å². The molecule has 3 aliphatic heterocycles. The van der Waals surface area contributed by atoms with Crippen LogP contribution in [0.1, 0.15) is 94.9 Å². The van der Waals surface area contributed by atoms with Gasteiger partial charge >= 0.3 is 5.97 Å². The van der Waals surface area contributed by atoms with Crippen LogP contribution in [0.15, 0.2) is 0 Å². The van der Waals surface area contributed by atoms with Crippen LogP contribution in [0.25, 0.3) is 0 Å². The van der Waals surface area contributed by atoms with E-state index in [0.29, 0.717) is 13.0 Å². The van der Waals surface area contributed by atoms with E-state index in [0.717, 1.165) is 0 Å². The Hall–Kier alpha value is -1.01. The fourth-order valence-corrected chi connectivity index (χ4v) is 8.72. The first-order chi connectivity index (χ1) is 23.9. The fraction of sp³-hybridized carbons (Fsp3) is 0.974. The van der Waals surface area contributed by atoms with E-state index < -0.39 is 95.6 Å². The number of aliphatic hydroxyl groups is 6. The van der Waals surface area contributed by atoms with Crippen LogP contribution >= 0.6 is 0 Å². The van der Waals surface area contributed by atoms with E-state index >= 15 is 0 Å². The first kappa shape index (κ1) is 45.4. The van der Waals surface area contributed by atoms with Crippen molar-refractivity contribution in [2.75, 3.05) is 34.3 Å². The van der Waals surface area contributed by atoms with Gasteiger partial charge in [-0.2, -0.15) is 0 Å². The van der Waals surface area contributed by atoms with E-state index in [-0.39, 0.29) is 44.1 Å². The molecule has 0 aromatic rings. The number of esters is 1. The predicted molar refractivity (Wildman–Crippen MR) is 194 cm³/mol. The summed E-state index contributed by atoms with van der Waals surface area (Å²) in [5.41, 5.74) is -4.35. The molecule has 3 aliphatic rings. The average molecular weight is 749 g/mol. The Kier molecular flexibility index (Phi) is 15.6. The van der Waals surface area contributed by atoms with Gasteiger partial charge in [0, 0.05) is 36.4 Å². The van der Waals surface area contributed by atoms with Gasteiger partial charge in [-0.25, -0.2) is 0 Å². The summed E-state index contributed by atoms with van der Waals surface area (Å²) >= 11 is 0. The highest BCUT2D eigenvalue weighted by Gasteiger charge is 2.52. The summed E-state index contributed by atoms with van der Waals surface area (Å²) in [5, 5.41) is 68.3. The van der Waals surface area contributed by atoms with Gasteiger partial charge in [0.25, 0.3) is 0 Å². The second-order valence-electron chi connectivity index (χ2n) is 17.4. The lowest BCUT2D eigenvalue weighted by molar-refractivity contribution is -0.314. The average Bonchev–Trinajstić information content (AvgIpc) is 3.06. The quantitative estimate of drug-likeness (QED) is 0.205. The van der Waals surface area contributed by atoms with Crippen LogP contribution in [0.5, 0.6) is 0 Å². The topological polar surface area (TPSA) is 191 Å². The number of hydrogen-bond donors (Lipinski definition) is 6. The van der Waals surface area contributed by atoms with Crippen molar-refractivity contribution in [2.24, 2.45) is 23.2 Å². The Bertz CT molecular complexity index is 1140. The van der Waals surface area contributed by atoms with Gasteiger partial charge < -0.3 is 64.1 Å². The molecule has 3 rings (SSSR count). The number of carbonyl (C=O) groups is 1. The maximum Gasteiger partial charge on any atom is 0.311 e. The Labute approximate surface area is 311 Å². The van der Waals surface area contributed by atoms with E-state index in [1.54, 1.807) is 41.5 Å². The summed E-state index contributed by atoms with van der Waals surface area (Å²) in [4.78, 5) is 18.1. The van der Waals surface area contributed by atoms with Crippen LogP contribution in [0, 0.1) is 23.2 Å². The molecule has 6 N–H and O–H groups in total. The van der Waals surface area contributed by atoms with E-state index in [9.17, 15) is 35.4 Å². The molecule has 0 amide bonds. The Morgan fingerprint density at radius 1 is 0.942 bits per heavy atom. The van der Waals surface area contributed by atoms with Crippen molar-refractivity contribution < 1.29 is 59.1 Å². The molecule has 306 valence electrons. The normalized spacial score (nSPS) is 49.6. The number of rotatable bonds is 7. The van der Waals surface area contributed by atoms with Gasteiger partial charge in [-0.05, 0) is 87.9 Å². The number of cyclic esters (lactones) is 1. The Morgan fingerprint density at radius 2 is 1.56 bits per heavy atom. The van der Waals surface area contributed by atoms with E-state index in [4.69, 9.17) is 23.7 Å². The number of carbonyl (C=O) groups excluding carboxylic acids is 1. The highest BCUT2D eigenvalue weighted by atomic mass is 16.7. The lowest BCUT2D eigenvalue weighted by Crippen LogP contribution is -2.60. The van der Waals surface area contributed by atoms with Crippen LogP contribution in [-0.2, 0) is 28.5 Å². The third kappa shape index (κ3) is 10.0. The summed E-state index contributed by atoms with van der Waals surface area (Å²) < 4.78 is 31.7. The van der Waals surface area contributed by atoms with Gasteiger partial charge in [-0.3, -0.25) is 4.79 Å². The number of aliphatic hydroxyl groups excluding tert-OH is 4. The second kappa shape index (κ2) is 17.8. The summed E-state index contributed by atoms with van der Waals surface area (Å²) in [6.45, 7) is 17.5. The summed E-state index contributed by atoms with van der Waals surface area (Å²) in [5.74, 6) is -2.95. The van der Waals surface area contributed by atoms with E-state index in [1.807, 2.05) is 51.7 Å². The number of likely N-dealkylation sites (N-methyl/N-ethyl adjacent to an activating group) is 1. The Balaban J connectivity index is 2.18. The van der Waals surface area contributed by atoms with E-state index in [2.05, 4.69) is 0 Å². The summed E-state index contributed by atoms with van der Waals surface area (Å²) in [7, 11) is 5.64. The molecule has 0 aliphatic carbocycles. The molecule has 0 bridgehead atoms. The number of hydrogen-bond acceptors (Lipinski definition) is 14. The minimum atomic E-state index is -1.79. The SMILES string of the molecule is CC[C@H]1OC(=O)C(C)C(OC2C[C@@](C)(CO)[C@@H](O)[C@H](C)O2)[C@H](C)[C@@H](O[C@@H]2O[C@H](C)C[C@H](N(C)C)[C@H]2O)[C@@](C)(O)C[C@@H](C)N(C)C[C@H](C)[C@@H](O)[C@]1(C)O. The zero-order chi connectivity index (χ0) is 39.7. The first-order valence-corrected chi connectivity index (χ1v) is 19.2. The van der Waals surface area contributed by atoms with Crippen molar-refractivity contribution in [1.29, 1.82) is 0 Å². The van der Waals surface area contributed by atoms with Crippen molar-refractivity contribution in [3.63, 3.8) is 0 Å².